The zero-order chi connectivity index (χ0) is 35.4. The summed E-state index contributed by atoms with van der Waals surface area (Å²) in [7, 11) is 0. The van der Waals surface area contributed by atoms with E-state index in [1.165, 1.54) is 65.5 Å². The predicted molar refractivity (Wildman–Crippen MR) is 213 cm³/mol. The number of pyridine rings is 3. The third-order valence-electron chi connectivity index (χ3n) is 10.3. The number of aromatic nitrogens is 3. The second kappa shape index (κ2) is 16.2. The van der Waals surface area contributed by atoms with E-state index in [1.54, 1.807) is 0 Å². The molecular weight excluding hydrogens is 827 g/mol. The molecule has 4 aromatic heterocycles. The van der Waals surface area contributed by atoms with Crippen LogP contribution in [0.3, 0.4) is 0 Å². The predicted octanol–water partition coefficient (Wildman–Crippen LogP) is 12.7. The molecular formula is C48H41IrN3O-2. The van der Waals surface area contributed by atoms with Gasteiger partial charge in [-0.25, -0.2) is 4.98 Å². The molecule has 1 saturated carbocycles. The van der Waals surface area contributed by atoms with E-state index in [-0.39, 0.29) is 20.1 Å². The van der Waals surface area contributed by atoms with E-state index < -0.39 is 0 Å². The second-order valence-electron chi connectivity index (χ2n) is 13.9. The van der Waals surface area contributed by atoms with Crippen LogP contribution in [-0.4, -0.2) is 15.0 Å². The van der Waals surface area contributed by atoms with Crippen LogP contribution in [-0.2, 0) is 20.1 Å². The van der Waals surface area contributed by atoms with Gasteiger partial charge in [-0.05, 0) is 90.9 Å². The van der Waals surface area contributed by atoms with Gasteiger partial charge in [-0.15, -0.1) is 54.1 Å². The van der Waals surface area contributed by atoms with Crippen LogP contribution in [0.15, 0.2) is 132 Å². The Morgan fingerprint density at radius 3 is 2.15 bits per heavy atom. The first-order valence-corrected chi connectivity index (χ1v) is 18.3. The van der Waals surface area contributed by atoms with E-state index in [0.29, 0.717) is 11.6 Å². The van der Waals surface area contributed by atoms with Gasteiger partial charge in [0.25, 0.3) is 0 Å². The number of benzene rings is 4. The summed E-state index contributed by atoms with van der Waals surface area (Å²) in [6.45, 7) is 6.39. The minimum absolute atomic E-state index is 0. The Kier molecular flexibility index (Phi) is 11.1. The largest absolute Gasteiger partial charge is 0.486 e. The Bertz CT molecular complexity index is 2470. The number of furan rings is 1. The third kappa shape index (κ3) is 7.78. The zero-order valence-electron chi connectivity index (χ0n) is 30.3. The number of fused-ring (bicyclic) bond motifs is 3. The molecule has 0 amide bonds. The Hall–Kier alpha value is -5.22. The van der Waals surface area contributed by atoms with Gasteiger partial charge < -0.3 is 14.4 Å². The average molecular weight is 868 g/mol. The van der Waals surface area contributed by atoms with E-state index in [2.05, 4.69) is 110 Å². The summed E-state index contributed by atoms with van der Waals surface area (Å²) >= 11 is 0. The van der Waals surface area contributed by atoms with Gasteiger partial charge in [0.05, 0.1) is 11.3 Å². The van der Waals surface area contributed by atoms with Crippen LogP contribution in [0.4, 0.5) is 0 Å². The van der Waals surface area contributed by atoms with Crippen LogP contribution in [0, 0.1) is 32.9 Å². The molecule has 0 spiro atoms. The van der Waals surface area contributed by atoms with Gasteiger partial charge in [-0.2, -0.15) is 0 Å². The van der Waals surface area contributed by atoms with Crippen molar-refractivity contribution in [3.05, 3.63) is 162 Å². The third-order valence-corrected chi connectivity index (χ3v) is 10.3. The fraction of sp³-hybridized carbons (Fsp3) is 0.188. The Morgan fingerprint density at radius 2 is 1.42 bits per heavy atom. The van der Waals surface area contributed by atoms with Crippen molar-refractivity contribution in [2.75, 3.05) is 0 Å². The van der Waals surface area contributed by atoms with E-state index >= 15 is 0 Å². The van der Waals surface area contributed by atoms with Crippen LogP contribution < -0.4 is 0 Å². The van der Waals surface area contributed by atoms with Crippen LogP contribution in [0.2, 0.25) is 0 Å². The van der Waals surface area contributed by atoms with Crippen molar-refractivity contribution >= 4 is 22.1 Å². The first kappa shape index (κ1) is 36.2. The topological polar surface area (TPSA) is 51.8 Å². The zero-order valence-corrected chi connectivity index (χ0v) is 32.7. The molecule has 1 radical (unpaired) electrons. The van der Waals surface area contributed by atoms with Crippen LogP contribution in [0.5, 0.6) is 0 Å². The average Bonchev–Trinajstić information content (AvgIpc) is 3.58. The van der Waals surface area contributed by atoms with Crippen LogP contribution in [0.25, 0.3) is 67.0 Å². The van der Waals surface area contributed by atoms with Gasteiger partial charge in [0.2, 0.25) is 5.71 Å². The molecule has 1 aliphatic rings. The molecule has 4 heterocycles. The number of hydrogen-bond donors (Lipinski definition) is 0. The fourth-order valence-electron chi connectivity index (χ4n) is 7.45. The van der Waals surface area contributed by atoms with Crippen LogP contribution in [0.1, 0.15) is 60.3 Å². The first-order chi connectivity index (χ1) is 25.5. The first-order valence-electron chi connectivity index (χ1n) is 18.3. The normalized spacial score (nSPS) is 13.0. The van der Waals surface area contributed by atoms with Crippen molar-refractivity contribution in [2.45, 2.75) is 58.8 Å². The summed E-state index contributed by atoms with van der Waals surface area (Å²) in [5.74, 6) is 0.638. The maximum atomic E-state index is 6.44. The minimum atomic E-state index is 0. The van der Waals surface area contributed by atoms with Gasteiger partial charge in [-0.1, -0.05) is 103 Å². The Labute approximate surface area is 325 Å². The number of nitrogens with zero attached hydrogens (tertiary/aromatic N) is 3. The number of hydrogen-bond acceptors (Lipinski definition) is 4. The SMILES string of the molecule is Cc1cc(-c2ccccc2)ccc1-c1ccc2c(n1)oc1c(-c3cc(C)c(C4CCCCC4)cn3)[c-]ccc12.Cc1ccc(-c2[c-]cccc2)nc1.[Ir]. The molecule has 1 aliphatic carbocycles. The molecule has 0 bridgehead atoms. The van der Waals surface area contributed by atoms with E-state index in [0.717, 1.165) is 50.1 Å². The minimum Gasteiger partial charge on any atom is -0.486 e. The molecule has 0 N–H and O–H groups in total. The molecule has 0 saturated heterocycles. The summed E-state index contributed by atoms with van der Waals surface area (Å²) in [6, 6.07) is 46.0. The van der Waals surface area contributed by atoms with E-state index in [9.17, 15) is 0 Å². The molecule has 265 valence electrons. The summed E-state index contributed by atoms with van der Waals surface area (Å²) in [6.07, 6.45) is 10.5. The maximum absolute atomic E-state index is 6.44. The molecule has 1 fully saturated rings. The summed E-state index contributed by atoms with van der Waals surface area (Å²) < 4.78 is 6.44. The van der Waals surface area contributed by atoms with Crippen molar-refractivity contribution in [3.63, 3.8) is 0 Å². The monoisotopic (exact) mass is 868 g/mol. The molecule has 5 heteroatoms. The summed E-state index contributed by atoms with van der Waals surface area (Å²) in [4.78, 5) is 14.2. The van der Waals surface area contributed by atoms with Gasteiger partial charge >= 0.3 is 0 Å². The van der Waals surface area contributed by atoms with E-state index in [4.69, 9.17) is 14.4 Å². The molecule has 8 aromatic rings. The van der Waals surface area contributed by atoms with Crippen molar-refractivity contribution in [1.29, 1.82) is 0 Å². The molecule has 9 rings (SSSR count). The van der Waals surface area contributed by atoms with Crippen molar-refractivity contribution in [3.8, 4) is 44.9 Å². The number of rotatable bonds is 5. The van der Waals surface area contributed by atoms with Crippen molar-refractivity contribution in [1.82, 2.24) is 15.0 Å². The Balaban J connectivity index is 0.000000263. The molecule has 4 aromatic carbocycles. The summed E-state index contributed by atoms with van der Waals surface area (Å²) in [5, 5.41) is 2.06. The fourth-order valence-corrected chi connectivity index (χ4v) is 7.45. The maximum Gasteiger partial charge on any atom is 0.216 e. The standard InChI is InChI=1S/C36H31N2O.C12H10N.Ir/c1-23-20-27(25-10-5-3-6-11-25)16-17-28(23)33-19-18-30-29-14-9-15-31(35(29)39-36(30)38-33)34-21-24(2)32(22-37-34)26-12-7-4-8-13-26;1-10-7-8-12(13-9-10)11-5-3-2-4-6-11;/h3,5-6,9-11,14,16-22,26H,4,7-8,12-13H2,1-2H3;2-5,7-9H,1H3;/q2*-1;. The van der Waals surface area contributed by atoms with Gasteiger partial charge in [0.15, 0.2) is 0 Å². The molecule has 4 nitrogen and oxygen atoms in total. The Morgan fingerprint density at radius 1 is 0.623 bits per heavy atom. The number of aryl methyl sites for hydroxylation is 3. The quantitative estimate of drug-likeness (QED) is 0.162. The second-order valence-corrected chi connectivity index (χ2v) is 13.9. The molecule has 0 unspecified atom stereocenters. The molecule has 53 heavy (non-hydrogen) atoms. The van der Waals surface area contributed by atoms with Crippen molar-refractivity contribution in [2.24, 2.45) is 0 Å². The van der Waals surface area contributed by atoms with Gasteiger partial charge in [0, 0.05) is 43.4 Å². The van der Waals surface area contributed by atoms with Crippen LogP contribution >= 0.6 is 0 Å². The van der Waals surface area contributed by atoms with Crippen molar-refractivity contribution < 1.29 is 24.5 Å². The van der Waals surface area contributed by atoms with E-state index in [1.807, 2.05) is 55.6 Å². The van der Waals surface area contributed by atoms with Gasteiger partial charge in [-0.3, -0.25) is 0 Å². The summed E-state index contributed by atoms with van der Waals surface area (Å²) in [5.41, 5.74) is 14.8. The molecule has 0 aliphatic heterocycles. The smallest absolute Gasteiger partial charge is 0.216 e. The van der Waals surface area contributed by atoms with Gasteiger partial charge in [0.1, 0.15) is 0 Å². The molecule has 0 atom stereocenters.